The summed E-state index contributed by atoms with van der Waals surface area (Å²) < 4.78 is 38.0. The first-order valence-corrected chi connectivity index (χ1v) is 13.1. The Morgan fingerprint density at radius 2 is 1.94 bits per heavy atom. The summed E-state index contributed by atoms with van der Waals surface area (Å²) in [5.41, 5.74) is -2.32. The number of methoxy groups -OCH3 is 4. The van der Waals surface area contributed by atoms with Crippen molar-refractivity contribution < 1.29 is 33.2 Å². The molecule has 190 valence electrons. The van der Waals surface area contributed by atoms with Crippen molar-refractivity contribution in [1.82, 2.24) is 4.90 Å². The van der Waals surface area contributed by atoms with Crippen LogP contribution in [-0.2, 0) is 33.2 Å². The number of hydrogen-bond acceptors (Lipinski definition) is 8. The van der Waals surface area contributed by atoms with Gasteiger partial charge in [0.25, 0.3) is 0 Å². The van der Waals surface area contributed by atoms with E-state index >= 15 is 4.79 Å². The fraction of sp³-hybridized carbons (Fsp3) is 0.962. The summed E-state index contributed by atoms with van der Waals surface area (Å²) in [7, 11) is 7.21. The van der Waals surface area contributed by atoms with E-state index in [4.69, 9.17) is 28.4 Å². The molecule has 3 spiro atoms. The highest BCUT2D eigenvalue weighted by Crippen LogP contribution is 2.81. The van der Waals surface area contributed by atoms with Gasteiger partial charge in [0, 0.05) is 70.0 Å². The quantitative estimate of drug-likeness (QED) is 0.570. The van der Waals surface area contributed by atoms with Gasteiger partial charge in [-0.25, -0.2) is 0 Å². The summed E-state index contributed by atoms with van der Waals surface area (Å²) in [6, 6.07) is -0.0617. The molecule has 0 radical (unpaired) electrons. The number of nitrogens with zero attached hydrogens (tertiary/aromatic N) is 1. The fourth-order valence-electron chi connectivity index (χ4n) is 11.4. The van der Waals surface area contributed by atoms with Gasteiger partial charge in [0.2, 0.25) is 0 Å². The lowest BCUT2D eigenvalue weighted by molar-refractivity contribution is -0.286. The number of ether oxygens (including phenoxy) is 6. The van der Waals surface area contributed by atoms with Gasteiger partial charge in [-0.2, -0.15) is 0 Å². The van der Waals surface area contributed by atoms with Crippen molar-refractivity contribution in [2.75, 3.05) is 54.9 Å². The van der Waals surface area contributed by atoms with E-state index in [1.807, 2.05) is 14.2 Å². The van der Waals surface area contributed by atoms with E-state index in [2.05, 4.69) is 11.8 Å². The van der Waals surface area contributed by atoms with E-state index in [-0.39, 0.29) is 71.4 Å². The van der Waals surface area contributed by atoms with Gasteiger partial charge >= 0.3 is 0 Å². The minimum atomic E-state index is -1.02. The zero-order valence-electron chi connectivity index (χ0n) is 21.1. The number of carbonyl (C=O) groups excluding carboxylic acids is 1. The molecule has 12 atom stereocenters. The number of rotatable bonds is 6. The van der Waals surface area contributed by atoms with E-state index in [0.29, 0.717) is 13.0 Å². The zero-order chi connectivity index (χ0) is 23.7. The van der Waals surface area contributed by atoms with Crippen LogP contribution < -0.4 is 0 Å². The second kappa shape index (κ2) is 7.03. The third-order valence-electron chi connectivity index (χ3n) is 11.8. The normalized spacial score (nSPS) is 58.9. The minimum Gasteiger partial charge on any atom is -0.384 e. The third-order valence-corrected chi connectivity index (χ3v) is 11.8. The van der Waals surface area contributed by atoms with E-state index in [9.17, 15) is 0 Å². The Morgan fingerprint density at radius 1 is 1.12 bits per heavy atom. The van der Waals surface area contributed by atoms with Crippen molar-refractivity contribution in [1.29, 1.82) is 0 Å². The van der Waals surface area contributed by atoms with Crippen LogP contribution in [0, 0.1) is 34.5 Å². The number of fused-ring (bicyclic) bond motifs is 1. The first-order valence-electron chi connectivity index (χ1n) is 13.1. The lowest BCUT2D eigenvalue weighted by atomic mass is 9.42. The van der Waals surface area contributed by atoms with Crippen molar-refractivity contribution in [3.05, 3.63) is 0 Å². The molecule has 0 amide bonds. The maximum Gasteiger partial charge on any atom is 0.174 e. The highest BCUT2D eigenvalue weighted by atomic mass is 16.7. The smallest absolute Gasteiger partial charge is 0.174 e. The Morgan fingerprint density at radius 3 is 2.62 bits per heavy atom. The Balaban J connectivity index is 1.56. The summed E-state index contributed by atoms with van der Waals surface area (Å²) in [4.78, 5) is 17.6. The number of carbonyl (C=O) groups is 1. The number of likely N-dealkylation sites (tertiary alicyclic amines) is 1. The summed E-state index contributed by atoms with van der Waals surface area (Å²) in [5, 5.41) is 0. The average molecular weight is 478 g/mol. The molecule has 5 aliphatic carbocycles. The summed E-state index contributed by atoms with van der Waals surface area (Å²) >= 11 is 0. The van der Waals surface area contributed by atoms with Crippen LogP contribution in [0.25, 0.3) is 0 Å². The van der Waals surface area contributed by atoms with Crippen molar-refractivity contribution in [2.24, 2.45) is 34.5 Å². The molecule has 2 saturated heterocycles. The molecule has 8 heteroatoms. The lowest BCUT2D eigenvalue weighted by Gasteiger charge is -2.69. The topological polar surface area (TPSA) is 75.7 Å². The highest BCUT2D eigenvalue weighted by Gasteiger charge is 2.94. The highest BCUT2D eigenvalue weighted by molar-refractivity contribution is 5.98. The van der Waals surface area contributed by atoms with Crippen molar-refractivity contribution in [3.8, 4) is 0 Å². The number of ketones is 1. The molecule has 0 N–H and O–H groups in total. The molecular weight excluding hydrogens is 438 g/mol. The van der Waals surface area contributed by atoms with Crippen molar-refractivity contribution >= 4 is 5.78 Å². The summed E-state index contributed by atoms with van der Waals surface area (Å²) in [6.07, 6.45) is 3.50. The molecule has 0 aromatic rings. The van der Waals surface area contributed by atoms with Gasteiger partial charge in [-0.05, 0) is 31.7 Å². The maximum absolute atomic E-state index is 15.1. The molecule has 0 aromatic heterocycles. The monoisotopic (exact) mass is 477 g/mol. The fourth-order valence-corrected chi connectivity index (χ4v) is 11.4. The zero-order valence-corrected chi connectivity index (χ0v) is 21.1. The first-order chi connectivity index (χ1) is 16.5. The van der Waals surface area contributed by atoms with Gasteiger partial charge in [0.05, 0.1) is 31.0 Å². The number of Topliss-reactive ketones (excluding diaryl/α,β-unsaturated/α-hetero) is 1. The predicted octanol–water partition coefficient (Wildman–Crippen LogP) is 1.50. The van der Waals surface area contributed by atoms with Crippen LogP contribution in [0.4, 0.5) is 0 Å². The summed E-state index contributed by atoms with van der Waals surface area (Å²) in [5.74, 6) is 0.706. The maximum atomic E-state index is 15.1. The second-order valence-electron chi connectivity index (χ2n) is 12.1. The second-order valence-corrected chi connectivity index (χ2v) is 12.1. The van der Waals surface area contributed by atoms with Gasteiger partial charge in [-0.1, -0.05) is 6.92 Å². The van der Waals surface area contributed by atoms with Crippen LogP contribution in [0.3, 0.4) is 0 Å². The third kappa shape index (κ3) is 2.00. The molecule has 7 rings (SSSR count). The standard InChI is InChI=1S/C26H39NO7/c1-6-27-11-23(12-29-2)8-7-17(31-4)25-15-9-14-16(30-3)10-24(18(15)19(14)32-5)26(22(25)27,34-13-33-24)21(28)20(23)25/h14-20,22H,6-13H2,1-5H3/t14-,15-,16+,17+,18-,19+,20-,22+,23+,24-,25+,26-/m1/s1. The van der Waals surface area contributed by atoms with E-state index in [1.165, 1.54) is 0 Å². The Bertz CT molecular complexity index is 900. The minimum absolute atomic E-state index is 0.00444. The largest absolute Gasteiger partial charge is 0.384 e. The molecule has 0 unspecified atom stereocenters. The predicted molar refractivity (Wildman–Crippen MR) is 120 cm³/mol. The summed E-state index contributed by atoms with van der Waals surface area (Å²) in [6.45, 7) is 4.67. The Kier molecular flexibility index (Phi) is 4.67. The van der Waals surface area contributed by atoms with Crippen LogP contribution in [0.5, 0.6) is 0 Å². The van der Waals surface area contributed by atoms with Gasteiger partial charge in [0.15, 0.2) is 11.4 Å². The molecule has 7 fully saturated rings. The SMILES string of the molecule is CCN1C[C@]2(COC)CC[C@H](OC)[C@@]34[C@@H]5C[C@H]6[C@H](OC)[C@@H]5[C@@]5(C[C@@H]6OC)OCO[C@]5(C(=O)[C@H]23)[C@@H]14. The van der Waals surface area contributed by atoms with Gasteiger partial charge in [-0.15, -0.1) is 0 Å². The molecule has 2 heterocycles. The van der Waals surface area contributed by atoms with Gasteiger partial charge < -0.3 is 28.4 Å². The Hall–Kier alpha value is -0.610. The van der Waals surface area contributed by atoms with E-state index < -0.39 is 11.2 Å². The Labute approximate surface area is 201 Å². The van der Waals surface area contributed by atoms with Crippen molar-refractivity contribution in [3.63, 3.8) is 0 Å². The molecule has 5 saturated carbocycles. The van der Waals surface area contributed by atoms with Gasteiger partial charge in [0.1, 0.15) is 12.4 Å². The number of hydrogen-bond donors (Lipinski definition) is 0. The lowest BCUT2D eigenvalue weighted by Crippen LogP contribution is -2.81. The molecule has 2 aliphatic heterocycles. The molecule has 8 nitrogen and oxygen atoms in total. The van der Waals surface area contributed by atoms with Crippen molar-refractivity contribution in [2.45, 2.75) is 68.2 Å². The molecule has 34 heavy (non-hydrogen) atoms. The van der Waals surface area contributed by atoms with Crippen LogP contribution in [0.2, 0.25) is 0 Å². The van der Waals surface area contributed by atoms with Gasteiger partial charge in [-0.3, -0.25) is 9.69 Å². The van der Waals surface area contributed by atoms with E-state index in [0.717, 1.165) is 32.4 Å². The molecule has 0 aromatic carbocycles. The molecule has 7 aliphatic rings. The first kappa shape index (κ1) is 22.6. The number of piperidine rings is 1. The molecular formula is C26H39NO7. The number of likely N-dealkylation sites (N-methyl/N-ethyl adjacent to an activating group) is 1. The van der Waals surface area contributed by atoms with Crippen LogP contribution >= 0.6 is 0 Å². The van der Waals surface area contributed by atoms with Crippen LogP contribution in [0.1, 0.15) is 32.6 Å². The average Bonchev–Trinajstić information content (AvgIpc) is 3.42. The van der Waals surface area contributed by atoms with E-state index in [1.54, 1.807) is 14.2 Å². The van der Waals surface area contributed by atoms with Crippen LogP contribution in [0.15, 0.2) is 0 Å². The molecule has 7 bridgehead atoms. The van der Waals surface area contributed by atoms with Crippen LogP contribution in [-0.4, -0.2) is 101 Å².